The molecule has 186 valence electrons. The maximum Gasteiger partial charge on any atom is 0.170 e. The Morgan fingerprint density at radius 2 is 1.26 bits per heavy atom. The molecule has 0 aliphatic carbocycles. The number of aromatic hydroxyl groups is 1. The van der Waals surface area contributed by atoms with E-state index in [0.717, 1.165) is 0 Å². The second-order valence-corrected chi connectivity index (χ2v) is 7.97. The lowest BCUT2D eigenvalue weighted by Crippen LogP contribution is -2.34. The van der Waals surface area contributed by atoms with Crippen molar-refractivity contribution in [3.8, 4) is 45.6 Å². The van der Waals surface area contributed by atoms with Gasteiger partial charge in [-0.05, 0) is 47.5 Å². The van der Waals surface area contributed by atoms with E-state index in [1.54, 1.807) is 36.4 Å². The van der Waals surface area contributed by atoms with E-state index in [4.69, 9.17) is 23.7 Å². The third kappa shape index (κ3) is 4.53. The Labute approximate surface area is 202 Å². The normalized spacial score (nSPS) is 16.6. The van der Waals surface area contributed by atoms with Gasteiger partial charge in [-0.15, -0.1) is 0 Å². The molecule has 1 aliphatic heterocycles. The molecule has 3 aromatic rings. The zero-order chi connectivity index (χ0) is 25.1. The topological polar surface area (TPSA) is 127 Å². The second-order valence-electron chi connectivity index (χ2n) is 7.97. The highest BCUT2D eigenvalue weighted by Crippen LogP contribution is 2.51. The van der Waals surface area contributed by atoms with Crippen molar-refractivity contribution in [1.29, 1.82) is 0 Å². The van der Waals surface area contributed by atoms with E-state index in [1.807, 2.05) is 0 Å². The summed E-state index contributed by atoms with van der Waals surface area (Å²) in [5.41, 5.74) is 2.81. The quantitative estimate of drug-likeness (QED) is 0.400. The first kappa shape index (κ1) is 24.5. The van der Waals surface area contributed by atoms with Crippen LogP contribution < -0.4 is 23.7 Å². The van der Waals surface area contributed by atoms with Gasteiger partial charge < -0.3 is 44.1 Å². The van der Waals surface area contributed by atoms with Gasteiger partial charge in [0.2, 0.25) is 0 Å². The largest absolute Gasteiger partial charge is 0.504 e. The summed E-state index contributed by atoms with van der Waals surface area (Å²) in [4.78, 5) is 0. The van der Waals surface area contributed by atoms with Gasteiger partial charge in [-0.3, -0.25) is 0 Å². The minimum atomic E-state index is -0.896. The molecule has 9 heteroatoms. The van der Waals surface area contributed by atoms with Gasteiger partial charge >= 0.3 is 0 Å². The SMILES string of the molecule is COc1cc(C2Oc3c(OC)cc(CO)cc3-c3cc(CO)cc(OC)c3OC2CO)ccc1O. The molecule has 35 heavy (non-hydrogen) atoms. The number of rotatable bonds is 7. The standard InChI is InChI=1S/C26H28O9/c1-31-20-10-16(4-5-19(20)30)24-23(13-29)34-25-17(6-14(11-27)8-21(25)32-2)18-7-15(12-28)9-22(33-3)26(18)35-24/h4-10,23-24,27-30H,11-13H2,1-3H3. The first-order chi connectivity index (χ1) is 17.0. The molecule has 0 amide bonds. The summed E-state index contributed by atoms with van der Waals surface area (Å²) in [6.07, 6.45) is -1.75. The average molecular weight is 485 g/mol. The third-order valence-corrected chi connectivity index (χ3v) is 5.89. The van der Waals surface area contributed by atoms with Crippen LogP contribution in [0.1, 0.15) is 22.8 Å². The molecule has 0 saturated heterocycles. The monoisotopic (exact) mass is 484 g/mol. The Balaban J connectivity index is 2.02. The van der Waals surface area contributed by atoms with E-state index in [9.17, 15) is 20.4 Å². The van der Waals surface area contributed by atoms with Gasteiger partial charge in [-0.25, -0.2) is 0 Å². The van der Waals surface area contributed by atoms with E-state index in [0.29, 0.717) is 50.8 Å². The van der Waals surface area contributed by atoms with Crippen molar-refractivity contribution in [2.24, 2.45) is 0 Å². The van der Waals surface area contributed by atoms with Crippen molar-refractivity contribution in [2.75, 3.05) is 27.9 Å². The first-order valence-corrected chi connectivity index (χ1v) is 10.9. The van der Waals surface area contributed by atoms with Crippen LogP contribution in [0.25, 0.3) is 11.1 Å². The number of aliphatic hydroxyl groups excluding tert-OH is 3. The number of methoxy groups -OCH3 is 3. The van der Waals surface area contributed by atoms with Gasteiger partial charge in [0, 0.05) is 16.7 Å². The Morgan fingerprint density at radius 1 is 0.714 bits per heavy atom. The highest BCUT2D eigenvalue weighted by molar-refractivity contribution is 5.82. The fourth-order valence-corrected chi connectivity index (χ4v) is 4.15. The van der Waals surface area contributed by atoms with Crippen LogP contribution in [0.15, 0.2) is 42.5 Å². The number of phenols is 1. The Kier molecular flexibility index (Phi) is 7.20. The zero-order valence-electron chi connectivity index (χ0n) is 19.6. The van der Waals surface area contributed by atoms with Gasteiger partial charge in [0.1, 0.15) is 0 Å². The predicted molar refractivity (Wildman–Crippen MR) is 126 cm³/mol. The molecule has 0 spiro atoms. The van der Waals surface area contributed by atoms with Crippen molar-refractivity contribution >= 4 is 0 Å². The molecule has 0 aromatic heterocycles. The maximum absolute atomic E-state index is 10.3. The molecule has 0 fully saturated rings. The average Bonchev–Trinajstić information content (AvgIpc) is 2.89. The fourth-order valence-electron chi connectivity index (χ4n) is 4.15. The first-order valence-electron chi connectivity index (χ1n) is 10.9. The minimum Gasteiger partial charge on any atom is -0.504 e. The van der Waals surface area contributed by atoms with E-state index >= 15 is 0 Å². The number of hydrogen-bond acceptors (Lipinski definition) is 9. The maximum atomic E-state index is 10.3. The number of aliphatic hydroxyl groups is 3. The lowest BCUT2D eigenvalue weighted by Gasteiger charge is -2.33. The van der Waals surface area contributed by atoms with Crippen molar-refractivity contribution in [3.05, 3.63) is 59.2 Å². The Morgan fingerprint density at radius 3 is 1.74 bits per heavy atom. The second kappa shape index (κ2) is 10.3. The van der Waals surface area contributed by atoms with E-state index in [1.165, 1.54) is 27.4 Å². The van der Waals surface area contributed by atoms with E-state index in [2.05, 4.69) is 0 Å². The molecule has 4 N–H and O–H groups in total. The molecule has 0 bridgehead atoms. The molecule has 2 atom stereocenters. The highest BCUT2D eigenvalue weighted by atomic mass is 16.6. The van der Waals surface area contributed by atoms with Crippen molar-refractivity contribution in [2.45, 2.75) is 25.4 Å². The highest BCUT2D eigenvalue weighted by Gasteiger charge is 2.35. The molecule has 9 nitrogen and oxygen atoms in total. The molecule has 0 saturated carbocycles. The summed E-state index contributed by atoms with van der Waals surface area (Å²) in [6, 6.07) is 11.5. The smallest absolute Gasteiger partial charge is 0.170 e. The van der Waals surface area contributed by atoms with Gasteiger partial charge in [-0.2, -0.15) is 0 Å². The van der Waals surface area contributed by atoms with Crippen LogP contribution in [-0.2, 0) is 13.2 Å². The Hall–Kier alpha value is -3.66. The number of fused-ring (bicyclic) bond motifs is 3. The number of hydrogen-bond donors (Lipinski definition) is 4. The van der Waals surface area contributed by atoms with Crippen LogP contribution in [0, 0.1) is 0 Å². The summed E-state index contributed by atoms with van der Waals surface area (Å²) in [7, 11) is 4.41. The molecule has 4 rings (SSSR count). The van der Waals surface area contributed by atoms with Crippen molar-refractivity contribution in [3.63, 3.8) is 0 Å². The van der Waals surface area contributed by atoms with Crippen molar-refractivity contribution in [1.82, 2.24) is 0 Å². The van der Waals surface area contributed by atoms with Crippen LogP contribution in [0.5, 0.6) is 34.5 Å². The van der Waals surface area contributed by atoms with Crippen LogP contribution >= 0.6 is 0 Å². The summed E-state index contributed by atoms with van der Waals surface area (Å²) in [6.45, 7) is -0.894. The number of phenolic OH excluding ortho intramolecular Hbond substituents is 1. The third-order valence-electron chi connectivity index (χ3n) is 5.89. The summed E-state index contributed by atoms with van der Waals surface area (Å²) >= 11 is 0. The molecular formula is C26H28O9. The van der Waals surface area contributed by atoms with Gasteiger partial charge in [0.25, 0.3) is 0 Å². The lowest BCUT2D eigenvalue weighted by atomic mass is 9.95. The van der Waals surface area contributed by atoms with Crippen molar-refractivity contribution < 1.29 is 44.1 Å². The molecule has 1 aliphatic rings. The van der Waals surface area contributed by atoms with Crippen LogP contribution in [0.3, 0.4) is 0 Å². The predicted octanol–water partition coefficient (Wildman–Crippen LogP) is 2.94. The van der Waals surface area contributed by atoms with E-state index in [-0.39, 0.29) is 24.7 Å². The van der Waals surface area contributed by atoms with Crippen LogP contribution in [-0.4, -0.2) is 54.5 Å². The molecule has 3 aromatic carbocycles. The number of benzene rings is 3. The van der Waals surface area contributed by atoms with E-state index < -0.39 is 18.8 Å². The minimum absolute atomic E-state index is 0.0438. The van der Waals surface area contributed by atoms with Gasteiger partial charge in [0.15, 0.2) is 46.7 Å². The molecule has 2 unspecified atom stereocenters. The lowest BCUT2D eigenvalue weighted by molar-refractivity contribution is 0.0107. The fraction of sp³-hybridized carbons (Fsp3) is 0.308. The zero-order valence-corrected chi connectivity index (χ0v) is 19.6. The van der Waals surface area contributed by atoms with Crippen LogP contribution in [0.4, 0.5) is 0 Å². The summed E-state index contributed by atoms with van der Waals surface area (Å²) < 4.78 is 29.2. The molecule has 0 radical (unpaired) electrons. The number of ether oxygens (including phenoxy) is 5. The van der Waals surface area contributed by atoms with Gasteiger partial charge in [0.05, 0.1) is 41.2 Å². The molecular weight excluding hydrogens is 456 g/mol. The summed E-state index contributed by atoms with van der Waals surface area (Å²) in [5.74, 6) is 1.59. The van der Waals surface area contributed by atoms with Gasteiger partial charge in [-0.1, -0.05) is 6.07 Å². The Bertz CT molecular complexity index is 1210. The van der Waals surface area contributed by atoms with Crippen LogP contribution in [0.2, 0.25) is 0 Å². The summed E-state index contributed by atoms with van der Waals surface area (Å²) in [5, 5.41) is 40.1. The molecule has 1 heterocycles.